The lowest BCUT2D eigenvalue weighted by molar-refractivity contribution is 0.0664. The number of likely N-dealkylation sites (tertiary alicyclic amines) is 2. The number of rotatable bonds is 4. The average Bonchev–Trinajstić information content (AvgIpc) is 3.15. The van der Waals surface area contributed by atoms with Gasteiger partial charge in [-0.05, 0) is 64.4 Å². The molecule has 0 unspecified atom stereocenters. The minimum Gasteiger partial charge on any atom is -0.494 e. The number of nitrogens with zero attached hydrogens (tertiary/aromatic N) is 2. The molecule has 0 N–H and O–H groups in total. The lowest BCUT2D eigenvalue weighted by Crippen LogP contribution is -2.47. The van der Waals surface area contributed by atoms with Gasteiger partial charge in [-0.1, -0.05) is 6.07 Å². The van der Waals surface area contributed by atoms with Crippen LogP contribution in [0.25, 0.3) is 0 Å². The van der Waals surface area contributed by atoms with Crippen LogP contribution in [0.5, 0.6) is 5.75 Å². The fourth-order valence-corrected chi connectivity index (χ4v) is 3.92. The third kappa shape index (κ3) is 2.98. The molecule has 120 valence electrons. The van der Waals surface area contributed by atoms with Gasteiger partial charge in [0.2, 0.25) is 0 Å². The topological polar surface area (TPSA) is 32.8 Å². The van der Waals surface area contributed by atoms with E-state index in [1.807, 2.05) is 31.2 Å². The molecule has 22 heavy (non-hydrogen) atoms. The zero-order valence-corrected chi connectivity index (χ0v) is 13.6. The second-order valence-electron chi connectivity index (χ2n) is 6.36. The first kappa shape index (κ1) is 15.3. The van der Waals surface area contributed by atoms with Gasteiger partial charge in [0.1, 0.15) is 5.75 Å². The summed E-state index contributed by atoms with van der Waals surface area (Å²) in [5.41, 5.74) is 0.749. The quantitative estimate of drug-likeness (QED) is 0.857. The van der Waals surface area contributed by atoms with E-state index in [4.69, 9.17) is 4.74 Å². The Labute approximate surface area is 133 Å². The number of amides is 1. The highest BCUT2D eigenvalue weighted by Crippen LogP contribution is 2.30. The van der Waals surface area contributed by atoms with Gasteiger partial charge in [-0.2, -0.15) is 0 Å². The minimum absolute atomic E-state index is 0.157. The number of carbonyl (C=O) groups excluding carboxylic acids is 1. The van der Waals surface area contributed by atoms with Crippen LogP contribution in [0.3, 0.4) is 0 Å². The standard InChI is InChI=1S/C18H26N2O2/c1-3-22-15-8-4-7-14(13-15)18(21)20-12-6-10-17(20)16-9-5-11-19(16)2/h4,7-8,13,16-17H,3,5-6,9-12H2,1-2H3/t16-,17+/m0/s1. The predicted molar refractivity (Wildman–Crippen MR) is 87.3 cm³/mol. The van der Waals surface area contributed by atoms with Crippen LogP contribution in [0.2, 0.25) is 0 Å². The van der Waals surface area contributed by atoms with Gasteiger partial charge >= 0.3 is 0 Å². The van der Waals surface area contributed by atoms with Crippen LogP contribution < -0.4 is 4.74 Å². The molecule has 0 aromatic heterocycles. The Hall–Kier alpha value is -1.55. The van der Waals surface area contributed by atoms with Crippen molar-refractivity contribution in [3.63, 3.8) is 0 Å². The molecule has 2 aliphatic rings. The van der Waals surface area contributed by atoms with Crippen molar-refractivity contribution in [3.8, 4) is 5.75 Å². The number of likely N-dealkylation sites (N-methyl/N-ethyl adjacent to an activating group) is 1. The Bertz CT molecular complexity index is 532. The van der Waals surface area contributed by atoms with Crippen LogP contribution in [-0.2, 0) is 0 Å². The molecule has 0 aliphatic carbocycles. The molecule has 4 heteroatoms. The maximum absolute atomic E-state index is 12.9. The van der Waals surface area contributed by atoms with E-state index in [0.717, 1.165) is 37.2 Å². The summed E-state index contributed by atoms with van der Waals surface area (Å²) in [7, 11) is 2.19. The molecule has 2 saturated heterocycles. The Kier molecular flexibility index (Phi) is 4.67. The van der Waals surface area contributed by atoms with Crippen LogP contribution in [0.15, 0.2) is 24.3 Å². The van der Waals surface area contributed by atoms with Crippen LogP contribution in [0, 0.1) is 0 Å². The molecule has 0 saturated carbocycles. The molecule has 1 aromatic carbocycles. The smallest absolute Gasteiger partial charge is 0.254 e. The largest absolute Gasteiger partial charge is 0.494 e. The van der Waals surface area contributed by atoms with Crippen molar-refractivity contribution in [1.29, 1.82) is 0 Å². The maximum Gasteiger partial charge on any atom is 0.254 e. The van der Waals surface area contributed by atoms with E-state index in [1.165, 1.54) is 12.8 Å². The van der Waals surface area contributed by atoms with Gasteiger partial charge in [-0.25, -0.2) is 0 Å². The van der Waals surface area contributed by atoms with Gasteiger partial charge in [-0.15, -0.1) is 0 Å². The molecule has 4 nitrogen and oxygen atoms in total. The molecule has 2 fully saturated rings. The van der Waals surface area contributed by atoms with Crippen molar-refractivity contribution in [3.05, 3.63) is 29.8 Å². The molecular weight excluding hydrogens is 276 g/mol. The molecule has 3 rings (SSSR count). The first-order chi connectivity index (χ1) is 10.7. The minimum atomic E-state index is 0.157. The van der Waals surface area contributed by atoms with Gasteiger partial charge < -0.3 is 14.5 Å². The SMILES string of the molecule is CCOc1cccc(C(=O)N2CCC[C@@H]2[C@@H]2CCCN2C)c1. The summed E-state index contributed by atoms with van der Waals surface area (Å²) < 4.78 is 5.52. The first-order valence-electron chi connectivity index (χ1n) is 8.44. The fourth-order valence-electron chi connectivity index (χ4n) is 3.92. The number of ether oxygens (including phenoxy) is 1. The Morgan fingerprint density at radius 2 is 2.00 bits per heavy atom. The number of hydrogen-bond acceptors (Lipinski definition) is 3. The van der Waals surface area contributed by atoms with E-state index in [-0.39, 0.29) is 5.91 Å². The second kappa shape index (κ2) is 6.69. The second-order valence-corrected chi connectivity index (χ2v) is 6.36. The highest BCUT2D eigenvalue weighted by Gasteiger charge is 2.38. The highest BCUT2D eigenvalue weighted by molar-refractivity contribution is 5.95. The van der Waals surface area contributed by atoms with Crippen molar-refractivity contribution in [2.45, 2.75) is 44.7 Å². The van der Waals surface area contributed by atoms with Gasteiger partial charge in [0.25, 0.3) is 5.91 Å². The van der Waals surface area contributed by atoms with Crippen LogP contribution in [0.1, 0.15) is 43.0 Å². The van der Waals surface area contributed by atoms with Gasteiger partial charge in [0.05, 0.1) is 6.61 Å². The summed E-state index contributed by atoms with van der Waals surface area (Å²) in [5.74, 6) is 0.937. The summed E-state index contributed by atoms with van der Waals surface area (Å²) in [6.07, 6.45) is 4.71. The van der Waals surface area contributed by atoms with E-state index in [2.05, 4.69) is 16.8 Å². The van der Waals surface area contributed by atoms with Crippen molar-refractivity contribution >= 4 is 5.91 Å². The van der Waals surface area contributed by atoms with Crippen molar-refractivity contribution in [2.24, 2.45) is 0 Å². The van der Waals surface area contributed by atoms with Crippen molar-refractivity contribution in [2.75, 3.05) is 26.7 Å². The molecule has 1 amide bonds. The van der Waals surface area contributed by atoms with Crippen LogP contribution >= 0.6 is 0 Å². The normalized spacial score (nSPS) is 25.6. The molecule has 0 spiro atoms. The van der Waals surface area contributed by atoms with E-state index in [0.29, 0.717) is 18.7 Å². The van der Waals surface area contributed by atoms with Gasteiger partial charge in [-0.3, -0.25) is 4.79 Å². The Morgan fingerprint density at radius 1 is 1.23 bits per heavy atom. The fraction of sp³-hybridized carbons (Fsp3) is 0.611. The maximum atomic E-state index is 12.9. The molecular formula is C18H26N2O2. The molecule has 2 atom stereocenters. The van der Waals surface area contributed by atoms with E-state index in [1.54, 1.807) is 0 Å². The lowest BCUT2D eigenvalue weighted by Gasteiger charge is -2.33. The van der Waals surface area contributed by atoms with Gasteiger partial charge in [0, 0.05) is 24.2 Å². The summed E-state index contributed by atoms with van der Waals surface area (Å²) in [5, 5.41) is 0. The predicted octanol–water partition coefficient (Wildman–Crippen LogP) is 2.78. The van der Waals surface area contributed by atoms with E-state index in [9.17, 15) is 4.79 Å². The first-order valence-corrected chi connectivity index (χ1v) is 8.44. The number of carbonyl (C=O) groups is 1. The molecule has 0 bridgehead atoms. The highest BCUT2D eigenvalue weighted by atomic mass is 16.5. The monoisotopic (exact) mass is 302 g/mol. The van der Waals surface area contributed by atoms with Crippen LogP contribution in [-0.4, -0.2) is 54.5 Å². The third-order valence-corrected chi connectivity index (χ3v) is 4.97. The number of benzene rings is 1. The average molecular weight is 302 g/mol. The number of hydrogen-bond donors (Lipinski definition) is 0. The molecule has 2 heterocycles. The third-order valence-electron chi connectivity index (χ3n) is 4.97. The summed E-state index contributed by atoms with van der Waals surface area (Å²) in [4.78, 5) is 17.4. The van der Waals surface area contributed by atoms with Crippen molar-refractivity contribution in [1.82, 2.24) is 9.80 Å². The molecule has 0 radical (unpaired) electrons. The van der Waals surface area contributed by atoms with E-state index >= 15 is 0 Å². The summed E-state index contributed by atoms with van der Waals surface area (Å²) >= 11 is 0. The van der Waals surface area contributed by atoms with E-state index < -0.39 is 0 Å². The van der Waals surface area contributed by atoms with Gasteiger partial charge in [0.15, 0.2) is 0 Å². The molecule has 1 aromatic rings. The Balaban J connectivity index is 1.77. The molecule has 2 aliphatic heterocycles. The zero-order chi connectivity index (χ0) is 15.5. The zero-order valence-electron chi connectivity index (χ0n) is 13.6. The lowest BCUT2D eigenvalue weighted by atomic mass is 10.0. The summed E-state index contributed by atoms with van der Waals surface area (Å²) in [6.45, 7) is 4.62. The van der Waals surface area contributed by atoms with Crippen molar-refractivity contribution < 1.29 is 9.53 Å². The Morgan fingerprint density at radius 3 is 2.73 bits per heavy atom. The van der Waals surface area contributed by atoms with Crippen LogP contribution in [0.4, 0.5) is 0 Å². The summed E-state index contributed by atoms with van der Waals surface area (Å²) in [6, 6.07) is 8.49.